The lowest BCUT2D eigenvalue weighted by Crippen LogP contribution is -2.52. The number of carbonyl (C=O) groups is 2. The van der Waals surface area contributed by atoms with E-state index in [4.69, 9.17) is 16.3 Å². The van der Waals surface area contributed by atoms with Gasteiger partial charge in [-0.3, -0.25) is 9.78 Å². The number of nitrogens with zero attached hydrogens (tertiary/aromatic N) is 1. The molecule has 0 saturated carbocycles. The van der Waals surface area contributed by atoms with Gasteiger partial charge in [-0.15, -0.1) is 0 Å². The monoisotopic (exact) mass is 448 g/mol. The predicted octanol–water partition coefficient (Wildman–Crippen LogP) is 4.31. The molecule has 0 aliphatic heterocycles. The van der Waals surface area contributed by atoms with Crippen LogP contribution in [0.5, 0.6) is 0 Å². The summed E-state index contributed by atoms with van der Waals surface area (Å²) in [5, 5.41) is 11.3. The van der Waals surface area contributed by atoms with Crippen molar-refractivity contribution < 1.29 is 32.6 Å². The van der Waals surface area contributed by atoms with Crippen LogP contribution < -0.4 is 5.32 Å². The van der Waals surface area contributed by atoms with Crippen LogP contribution in [0, 0.1) is 0 Å². The summed E-state index contributed by atoms with van der Waals surface area (Å²) in [4.78, 5) is 28.8. The first kappa shape index (κ1) is 23.0. The average molecular weight is 449 g/mol. The van der Waals surface area contributed by atoms with Gasteiger partial charge in [0, 0.05) is 22.2 Å². The van der Waals surface area contributed by atoms with Crippen LogP contribution in [0.2, 0.25) is 5.02 Å². The van der Waals surface area contributed by atoms with E-state index in [0.717, 1.165) is 11.8 Å². The van der Waals surface area contributed by atoms with E-state index in [9.17, 15) is 27.9 Å². The topological polar surface area (TPSA) is 88.5 Å². The number of aromatic nitrogens is 1. The van der Waals surface area contributed by atoms with E-state index in [-0.39, 0.29) is 17.3 Å². The number of benzene rings is 1. The Hall–Kier alpha value is -2.30. The van der Waals surface area contributed by atoms with Crippen molar-refractivity contribution in [2.45, 2.75) is 35.4 Å². The highest BCUT2D eigenvalue weighted by Crippen LogP contribution is 2.36. The van der Waals surface area contributed by atoms with Crippen LogP contribution in [0.25, 0.3) is 0 Å². The molecule has 2 N–H and O–H groups in total. The van der Waals surface area contributed by atoms with Gasteiger partial charge in [-0.25, -0.2) is 4.79 Å². The molecule has 1 aromatic heterocycles. The molecule has 1 aromatic carbocycles. The van der Waals surface area contributed by atoms with E-state index in [1.54, 1.807) is 6.92 Å². The minimum Gasteiger partial charge on any atom is -0.462 e. The fourth-order valence-electron chi connectivity index (χ4n) is 2.00. The minimum absolute atomic E-state index is 0.0529. The van der Waals surface area contributed by atoms with Gasteiger partial charge in [0.2, 0.25) is 5.60 Å². The second-order valence-electron chi connectivity index (χ2n) is 5.86. The van der Waals surface area contributed by atoms with Crippen molar-refractivity contribution in [1.82, 2.24) is 4.98 Å². The highest BCUT2D eigenvalue weighted by molar-refractivity contribution is 7.99. The number of carbonyl (C=O) groups excluding carboxylic acids is 2. The van der Waals surface area contributed by atoms with Crippen molar-refractivity contribution >= 4 is 40.9 Å². The molecule has 0 radical (unpaired) electrons. The molecule has 29 heavy (non-hydrogen) atoms. The van der Waals surface area contributed by atoms with Gasteiger partial charge in [0.25, 0.3) is 5.91 Å². The predicted molar refractivity (Wildman–Crippen MR) is 101 cm³/mol. The molecule has 0 fully saturated rings. The zero-order valence-corrected chi connectivity index (χ0v) is 16.8. The SMILES string of the molecule is CCOC(=O)c1ccncc1Sc1ccc(NC(=O)C(C)(O)C(F)(F)F)c(Cl)c1. The third-order valence-electron chi connectivity index (χ3n) is 3.69. The third-order valence-corrected chi connectivity index (χ3v) is 5.04. The molecule has 0 spiro atoms. The first-order chi connectivity index (χ1) is 13.5. The summed E-state index contributed by atoms with van der Waals surface area (Å²) < 4.78 is 43.3. The van der Waals surface area contributed by atoms with Crippen LogP contribution >= 0.6 is 23.4 Å². The smallest absolute Gasteiger partial charge is 0.426 e. The van der Waals surface area contributed by atoms with Crippen LogP contribution in [0.1, 0.15) is 24.2 Å². The minimum atomic E-state index is -5.15. The Balaban J connectivity index is 2.21. The summed E-state index contributed by atoms with van der Waals surface area (Å²) in [6, 6.07) is 5.66. The van der Waals surface area contributed by atoms with E-state index in [1.165, 1.54) is 36.7 Å². The van der Waals surface area contributed by atoms with Crippen molar-refractivity contribution in [3.05, 3.63) is 47.2 Å². The Morgan fingerprint density at radius 2 is 2.00 bits per heavy atom. The Morgan fingerprint density at radius 1 is 1.31 bits per heavy atom. The number of halogens is 4. The number of amides is 1. The Kier molecular flexibility index (Phi) is 7.15. The molecule has 11 heteroatoms. The van der Waals surface area contributed by atoms with Gasteiger partial charge >= 0.3 is 12.1 Å². The number of nitrogens with one attached hydrogen (secondary N) is 1. The van der Waals surface area contributed by atoms with E-state index < -0.39 is 23.7 Å². The maximum atomic E-state index is 12.8. The number of aliphatic hydroxyl groups is 1. The van der Waals surface area contributed by atoms with Crippen molar-refractivity contribution in [2.75, 3.05) is 11.9 Å². The summed E-state index contributed by atoms with van der Waals surface area (Å²) in [5.74, 6) is -2.19. The largest absolute Gasteiger partial charge is 0.462 e. The van der Waals surface area contributed by atoms with E-state index >= 15 is 0 Å². The number of rotatable bonds is 6. The Bertz CT molecular complexity index is 922. The second-order valence-corrected chi connectivity index (χ2v) is 7.38. The zero-order chi connectivity index (χ0) is 21.8. The Morgan fingerprint density at radius 3 is 2.59 bits per heavy atom. The summed E-state index contributed by atoms with van der Waals surface area (Å²) in [6.07, 6.45) is -2.25. The van der Waals surface area contributed by atoms with Crippen LogP contribution in [-0.4, -0.2) is 40.4 Å². The fourth-order valence-corrected chi connectivity index (χ4v) is 3.23. The molecule has 156 valence electrons. The number of anilines is 1. The van der Waals surface area contributed by atoms with Gasteiger partial charge in [0.1, 0.15) is 0 Å². The average Bonchev–Trinajstić information content (AvgIpc) is 2.63. The molecule has 2 rings (SSSR count). The number of alkyl halides is 3. The summed E-state index contributed by atoms with van der Waals surface area (Å²) in [7, 11) is 0. The van der Waals surface area contributed by atoms with E-state index in [1.807, 2.05) is 5.32 Å². The normalized spacial score (nSPS) is 13.5. The molecule has 6 nitrogen and oxygen atoms in total. The summed E-state index contributed by atoms with van der Waals surface area (Å²) in [5.41, 5.74) is -3.39. The lowest BCUT2D eigenvalue weighted by atomic mass is 10.1. The van der Waals surface area contributed by atoms with Gasteiger partial charge in [0.15, 0.2) is 0 Å². The molecule has 1 atom stereocenters. The standard InChI is InChI=1S/C18H16ClF3N2O4S/c1-3-28-15(25)11-6-7-23-9-14(11)29-10-4-5-13(12(19)8-10)24-16(26)17(2,27)18(20,21)22/h4-9,27H,3H2,1-2H3,(H,24,26). The van der Waals surface area contributed by atoms with Gasteiger partial charge in [-0.2, -0.15) is 13.2 Å². The second kappa shape index (κ2) is 9.02. The number of hydrogen-bond acceptors (Lipinski definition) is 6. The lowest BCUT2D eigenvalue weighted by Gasteiger charge is -2.25. The first-order valence-corrected chi connectivity index (χ1v) is 9.36. The lowest BCUT2D eigenvalue weighted by molar-refractivity contribution is -0.242. The third kappa shape index (κ3) is 5.40. The molecule has 1 amide bonds. The number of ether oxygens (including phenoxy) is 1. The van der Waals surface area contributed by atoms with Crippen LogP contribution in [-0.2, 0) is 9.53 Å². The molecule has 0 aliphatic rings. The van der Waals surface area contributed by atoms with Crippen LogP contribution in [0.4, 0.5) is 18.9 Å². The van der Waals surface area contributed by atoms with Crippen LogP contribution in [0.3, 0.4) is 0 Å². The Labute approximate surface area is 173 Å². The molecular formula is C18H16ClF3N2O4S. The molecule has 0 saturated heterocycles. The van der Waals surface area contributed by atoms with Gasteiger partial charge < -0.3 is 15.2 Å². The maximum Gasteiger partial charge on any atom is 0.426 e. The fraction of sp³-hybridized carbons (Fsp3) is 0.278. The molecule has 1 heterocycles. The maximum absolute atomic E-state index is 12.8. The highest BCUT2D eigenvalue weighted by atomic mass is 35.5. The molecular weight excluding hydrogens is 433 g/mol. The number of pyridine rings is 1. The van der Waals surface area contributed by atoms with E-state index in [0.29, 0.717) is 22.3 Å². The first-order valence-electron chi connectivity index (χ1n) is 8.16. The summed E-state index contributed by atoms with van der Waals surface area (Å²) >= 11 is 7.19. The number of esters is 1. The van der Waals surface area contributed by atoms with E-state index in [2.05, 4.69) is 4.98 Å². The highest BCUT2D eigenvalue weighted by Gasteiger charge is 2.55. The number of hydrogen-bond donors (Lipinski definition) is 2. The summed E-state index contributed by atoms with van der Waals surface area (Å²) in [6.45, 7) is 2.22. The van der Waals surface area contributed by atoms with Crippen molar-refractivity contribution in [3.8, 4) is 0 Å². The van der Waals surface area contributed by atoms with Crippen molar-refractivity contribution in [2.24, 2.45) is 0 Å². The molecule has 2 aromatic rings. The van der Waals surface area contributed by atoms with Crippen molar-refractivity contribution in [1.29, 1.82) is 0 Å². The van der Waals surface area contributed by atoms with Crippen molar-refractivity contribution in [3.63, 3.8) is 0 Å². The zero-order valence-electron chi connectivity index (χ0n) is 15.2. The molecule has 0 bridgehead atoms. The van der Waals surface area contributed by atoms with Gasteiger partial charge in [-0.05, 0) is 38.1 Å². The quantitative estimate of drug-likeness (QED) is 0.640. The van der Waals surface area contributed by atoms with Crippen LogP contribution in [0.15, 0.2) is 46.5 Å². The molecule has 0 aliphatic carbocycles. The van der Waals surface area contributed by atoms with Gasteiger partial charge in [-0.1, -0.05) is 23.4 Å². The van der Waals surface area contributed by atoms with Gasteiger partial charge in [0.05, 0.1) is 22.9 Å². The molecule has 1 unspecified atom stereocenters.